The van der Waals surface area contributed by atoms with Crippen molar-refractivity contribution in [3.63, 3.8) is 0 Å². The van der Waals surface area contributed by atoms with E-state index in [-0.39, 0.29) is 0 Å². The summed E-state index contributed by atoms with van der Waals surface area (Å²) in [6, 6.07) is 15.9. The maximum Gasteiger partial charge on any atom is 0.139 e. The minimum Gasteiger partial charge on any atom is -0.340 e. The summed E-state index contributed by atoms with van der Waals surface area (Å²) in [6.45, 7) is 2.07. The molecule has 4 heteroatoms. The SMILES string of the molecule is Cc1ccc2c(c1)nc(Nc1cccc(Cl)c1)c1ccncc12. The van der Waals surface area contributed by atoms with Crippen LogP contribution in [0.25, 0.3) is 21.7 Å². The van der Waals surface area contributed by atoms with Crippen molar-refractivity contribution in [3.8, 4) is 0 Å². The van der Waals surface area contributed by atoms with Crippen LogP contribution in [0.1, 0.15) is 5.56 Å². The molecule has 0 fully saturated rings. The first-order chi connectivity index (χ1) is 11.2. The zero-order valence-corrected chi connectivity index (χ0v) is 13.3. The summed E-state index contributed by atoms with van der Waals surface area (Å²) in [5.41, 5.74) is 3.05. The van der Waals surface area contributed by atoms with Crippen LogP contribution in [0.4, 0.5) is 11.5 Å². The number of hydrogen-bond donors (Lipinski definition) is 1. The van der Waals surface area contributed by atoms with E-state index in [0.29, 0.717) is 5.02 Å². The molecule has 0 bridgehead atoms. The van der Waals surface area contributed by atoms with E-state index in [1.165, 1.54) is 5.56 Å². The van der Waals surface area contributed by atoms with Gasteiger partial charge in [0.1, 0.15) is 5.82 Å². The van der Waals surface area contributed by atoms with Crippen molar-refractivity contribution in [3.05, 3.63) is 71.5 Å². The van der Waals surface area contributed by atoms with Gasteiger partial charge in [-0.3, -0.25) is 4.98 Å². The molecule has 23 heavy (non-hydrogen) atoms. The van der Waals surface area contributed by atoms with Crippen LogP contribution in [0.3, 0.4) is 0 Å². The molecule has 2 aromatic carbocycles. The van der Waals surface area contributed by atoms with Gasteiger partial charge in [-0.15, -0.1) is 0 Å². The molecule has 0 aliphatic rings. The van der Waals surface area contributed by atoms with E-state index in [0.717, 1.165) is 33.2 Å². The van der Waals surface area contributed by atoms with Crippen LogP contribution in [0.15, 0.2) is 60.9 Å². The van der Waals surface area contributed by atoms with Crippen LogP contribution >= 0.6 is 11.6 Å². The number of hydrogen-bond acceptors (Lipinski definition) is 3. The molecule has 2 heterocycles. The second-order valence-corrected chi connectivity index (χ2v) is 5.97. The maximum absolute atomic E-state index is 6.07. The summed E-state index contributed by atoms with van der Waals surface area (Å²) >= 11 is 6.07. The number of anilines is 2. The van der Waals surface area contributed by atoms with Gasteiger partial charge in [0.25, 0.3) is 0 Å². The van der Waals surface area contributed by atoms with E-state index in [1.54, 1.807) is 6.20 Å². The van der Waals surface area contributed by atoms with E-state index in [1.807, 2.05) is 36.5 Å². The van der Waals surface area contributed by atoms with E-state index < -0.39 is 0 Å². The molecule has 2 aromatic heterocycles. The van der Waals surface area contributed by atoms with Gasteiger partial charge in [-0.1, -0.05) is 29.8 Å². The van der Waals surface area contributed by atoms with Crippen LogP contribution in [-0.4, -0.2) is 9.97 Å². The Morgan fingerprint density at radius 1 is 0.957 bits per heavy atom. The molecule has 4 aromatic rings. The molecule has 0 aliphatic heterocycles. The summed E-state index contributed by atoms with van der Waals surface area (Å²) in [4.78, 5) is 9.08. The molecule has 4 rings (SSSR count). The third-order valence-corrected chi connectivity index (χ3v) is 4.07. The van der Waals surface area contributed by atoms with Crippen molar-refractivity contribution in [2.75, 3.05) is 5.32 Å². The normalized spacial score (nSPS) is 11.0. The van der Waals surface area contributed by atoms with Gasteiger partial charge in [-0.2, -0.15) is 0 Å². The smallest absolute Gasteiger partial charge is 0.139 e. The Balaban J connectivity index is 1.96. The minimum atomic E-state index is 0.692. The summed E-state index contributed by atoms with van der Waals surface area (Å²) in [6.07, 6.45) is 3.67. The Morgan fingerprint density at radius 3 is 2.74 bits per heavy atom. The summed E-state index contributed by atoms with van der Waals surface area (Å²) in [7, 11) is 0. The van der Waals surface area contributed by atoms with Crippen LogP contribution < -0.4 is 5.32 Å². The second-order valence-electron chi connectivity index (χ2n) is 5.54. The maximum atomic E-state index is 6.07. The molecular formula is C19H14ClN3. The van der Waals surface area contributed by atoms with E-state index >= 15 is 0 Å². The van der Waals surface area contributed by atoms with Gasteiger partial charge in [0.05, 0.1) is 5.52 Å². The fourth-order valence-electron chi connectivity index (χ4n) is 2.76. The van der Waals surface area contributed by atoms with Crippen molar-refractivity contribution < 1.29 is 0 Å². The van der Waals surface area contributed by atoms with Gasteiger partial charge < -0.3 is 5.32 Å². The van der Waals surface area contributed by atoms with Gasteiger partial charge in [0.15, 0.2) is 0 Å². The van der Waals surface area contributed by atoms with E-state index in [2.05, 4.69) is 35.4 Å². The molecule has 0 amide bonds. The number of aromatic nitrogens is 2. The Labute approximate surface area is 139 Å². The van der Waals surface area contributed by atoms with Crippen molar-refractivity contribution >= 4 is 44.8 Å². The fourth-order valence-corrected chi connectivity index (χ4v) is 2.95. The predicted molar refractivity (Wildman–Crippen MR) is 96.5 cm³/mol. The van der Waals surface area contributed by atoms with Gasteiger partial charge in [-0.25, -0.2) is 4.98 Å². The fraction of sp³-hybridized carbons (Fsp3) is 0.0526. The highest BCUT2D eigenvalue weighted by Crippen LogP contribution is 2.31. The standard InChI is InChI=1S/C19H14ClN3/c1-12-5-6-15-17-11-21-8-7-16(17)19(23-18(15)9-12)22-14-4-2-3-13(20)10-14/h2-11H,1H3,(H,22,23). The van der Waals surface area contributed by atoms with Crippen LogP contribution in [-0.2, 0) is 0 Å². The summed E-state index contributed by atoms with van der Waals surface area (Å²) < 4.78 is 0. The number of nitrogens with one attached hydrogen (secondary N) is 1. The largest absolute Gasteiger partial charge is 0.340 e. The molecule has 1 N–H and O–H groups in total. The van der Waals surface area contributed by atoms with Crippen molar-refractivity contribution in [2.24, 2.45) is 0 Å². The summed E-state index contributed by atoms with van der Waals surface area (Å²) in [5.74, 6) is 0.808. The van der Waals surface area contributed by atoms with Crippen molar-refractivity contribution in [1.82, 2.24) is 9.97 Å². The third-order valence-electron chi connectivity index (χ3n) is 3.84. The Hall–Kier alpha value is -2.65. The minimum absolute atomic E-state index is 0.692. The van der Waals surface area contributed by atoms with Crippen molar-refractivity contribution in [1.29, 1.82) is 0 Å². The molecule has 0 atom stereocenters. The lowest BCUT2D eigenvalue weighted by Crippen LogP contribution is -1.96. The first-order valence-electron chi connectivity index (χ1n) is 7.37. The topological polar surface area (TPSA) is 37.8 Å². The lowest BCUT2D eigenvalue weighted by atomic mass is 10.1. The number of rotatable bonds is 2. The van der Waals surface area contributed by atoms with Crippen LogP contribution in [0, 0.1) is 6.92 Å². The molecule has 0 saturated heterocycles. The highest BCUT2D eigenvalue weighted by molar-refractivity contribution is 6.30. The quantitative estimate of drug-likeness (QED) is 0.496. The number of pyridine rings is 2. The molecular weight excluding hydrogens is 306 g/mol. The monoisotopic (exact) mass is 319 g/mol. The lowest BCUT2D eigenvalue weighted by Gasteiger charge is -2.12. The van der Waals surface area contributed by atoms with Crippen molar-refractivity contribution in [2.45, 2.75) is 6.92 Å². The number of halogens is 1. The third kappa shape index (κ3) is 2.60. The molecule has 3 nitrogen and oxygen atoms in total. The number of fused-ring (bicyclic) bond motifs is 3. The average Bonchev–Trinajstić information content (AvgIpc) is 2.55. The average molecular weight is 320 g/mol. The second kappa shape index (κ2) is 5.52. The molecule has 0 saturated carbocycles. The highest BCUT2D eigenvalue weighted by Gasteiger charge is 2.09. The first-order valence-corrected chi connectivity index (χ1v) is 7.75. The van der Waals surface area contributed by atoms with Crippen LogP contribution in [0.5, 0.6) is 0 Å². The van der Waals surface area contributed by atoms with Crippen LogP contribution in [0.2, 0.25) is 5.02 Å². The zero-order chi connectivity index (χ0) is 15.8. The molecule has 0 aliphatic carbocycles. The lowest BCUT2D eigenvalue weighted by molar-refractivity contribution is 1.34. The molecule has 112 valence electrons. The summed E-state index contributed by atoms with van der Waals surface area (Å²) in [5, 5.41) is 7.30. The van der Waals surface area contributed by atoms with E-state index in [4.69, 9.17) is 16.6 Å². The van der Waals surface area contributed by atoms with Gasteiger partial charge in [-0.05, 0) is 42.8 Å². The Kier molecular flexibility index (Phi) is 3.36. The number of benzene rings is 2. The Morgan fingerprint density at radius 2 is 1.87 bits per heavy atom. The zero-order valence-electron chi connectivity index (χ0n) is 12.5. The van der Waals surface area contributed by atoms with Gasteiger partial charge in [0.2, 0.25) is 0 Å². The molecule has 0 radical (unpaired) electrons. The van der Waals surface area contributed by atoms with E-state index in [9.17, 15) is 0 Å². The number of nitrogens with zero attached hydrogens (tertiary/aromatic N) is 2. The van der Waals surface area contributed by atoms with Gasteiger partial charge in [0, 0.05) is 39.3 Å². The predicted octanol–water partition coefficient (Wildman–Crippen LogP) is 5.49. The number of aryl methyl sites for hydroxylation is 1. The highest BCUT2D eigenvalue weighted by atomic mass is 35.5. The molecule has 0 unspecified atom stereocenters. The first kappa shape index (κ1) is 14.0. The molecule has 0 spiro atoms. The van der Waals surface area contributed by atoms with Gasteiger partial charge >= 0.3 is 0 Å². The Bertz CT molecular complexity index is 1030.